The molecule has 272 valence electrons. The van der Waals surface area contributed by atoms with E-state index in [4.69, 9.17) is 0 Å². The monoisotopic (exact) mass is 750 g/mol. The summed E-state index contributed by atoms with van der Waals surface area (Å²) < 4.78 is 59.0. The van der Waals surface area contributed by atoms with E-state index < -0.39 is 23.3 Å². The summed E-state index contributed by atoms with van der Waals surface area (Å²) in [7, 11) is 0. The van der Waals surface area contributed by atoms with Gasteiger partial charge in [-0.2, -0.15) is 36.4 Å². The minimum atomic E-state index is -0.633. The van der Waals surface area contributed by atoms with E-state index in [1.54, 1.807) is 12.1 Å². The first-order valence-corrected chi connectivity index (χ1v) is 19.1. The molecule has 0 saturated carbocycles. The number of benzene rings is 2. The first-order chi connectivity index (χ1) is 25.5. The molecule has 4 aliphatic rings. The number of fused-ring (bicyclic) bond motifs is 6. The Kier molecular flexibility index (Phi) is 13.5. The Morgan fingerprint density at radius 3 is 0.943 bits per heavy atom. The van der Waals surface area contributed by atoms with Crippen LogP contribution < -0.4 is 0 Å². The van der Waals surface area contributed by atoms with Crippen molar-refractivity contribution in [3.8, 4) is 11.4 Å². The van der Waals surface area contributed by atoms with Crippen molar-refractivity contribution in [3.05, 3.63) is 165 Å². The average molecular weight is 751 g/mol. The van der Waals surface area contributed by atoms with E-state index >= 15 is 0 Å². The Bertz CT molecular complexity index is 1800. The average Bonchev–Trinajstić information content (AvgIpc) is 4.01. The van der Waals surface area contributed by atoms with Crippen LogP contribution in [0.4, 0.5) is 17.6 Å². The summed E-state index contributed by atoms with van der Waals surface area (Å²) in [5, 5.41) is 0. The fourth-order valence-electron chi connectivity index (χ4n) is 8.61. The Balaban J connectivity index is 0.000000142. The summed E-state index contributed by atoms with van der Waals surface area (Å²) in [4.78, 5) is 0. The van der Waals surface area contributed by atoms with Gasteiger partial charge in [-0.1, -0.05) is 0 Å². The summed E-state index contributed by atoms with van der Waals surface area (Å²) in [6.07, 6.45) is 17.9. The molecule has 0 fully saturated rings. The van der Waals surface area contributed by atoms with Crippen molar-refractivity contribution >= 4 is 0 Å². The van der Waals surface area contributed by atoms with Gasteiger partial charge in [0.15, 0.2) is 0 Å². The van der Waals surface area contributed by atoms with Gasteiger partial charge >= 0.3 is 21.7 Å². The molecule has 0 spiro atoms. The van der Waals surface area contributed by atoms with Crippen molar-refractivity contribution < 1.29 is 39.3 Å². The molecule has 2 heterocycles. The van der Waals surface area contributed by atoms with Crippen LogP contribution in [0.25, 0.3) is 11.4 Å². The largest absolute Gasteiger partial charge is 4.00 e. The number of hydrogen-bond donors (Lipinski definition) is 0. The van der Waals surface area contributed by atoms with Crippen molar-refractivity contribution in [1.82, 2.24) is 9.13 Å². The summed E-state index contributed by atoms with van der Waals surface area (Å²) in [6.45, 7) is 0. The third kappa shape index (κ3) is 8.76. The Labute approximate surface area is 326 Å². The van der Waals surface area contributed by atoms with Crippen LogP contribution in [-0.4, -0.2) is 9.13 Å². The minimum absolute atomic E-state index is 0. The molecule has 0 saturated heterocycles. The van der Waals surface area contributed by atoms with E-state index in [2.05, 4.69) is 21.3 Å². The fourth-order valence-corrected chi connectivity index (χ4v) is 8.61. The van der Waals surface area contributed by atoms with Crippen LogP contribution in [0.15, 0.2) is 84.9 Å². The first-order valence-electron chi connectivity index (χ1n) is 19.1. The van der Waals surface area contributed by atoms with Crippen molar-refractivity contribution in [2.75, 3.05) is 0 Å². The second-order valence-corrected chi connectivity index (χ2v) is 14.1. The number of nitrogens with zero attached hydrogens (tertiary/aromatic N) is 2. The standard InChI is InChI=1S/2C18H18F2N.2C5H5.Ti/c2*19-12-9-10-18(15(20)11-12)21-16-7-3-1-5-13(16)14-6-2-4-8-17(14)21;2*1-2-4-5-3-1;/h2*9-10H,1-8H2;2*1-5H;/q4*-1;+4. The van der Waals surface area contributed by atoms with Gasteiger partial charge in [0.1, 0.15) is 0 Å². The minimum Gasteiger partial charge on any atom is -0.369 e. The number of halogens is 4. The molecular weight excluding hydrogens is 704 g/mol. The van der Waals surface area contributed by atoms with Crippen molar-refractivity contribution in [2.45, 2.75) is 103 Å². The Morgan fingerprint density at radius 2 is 0.698 bits per heavy atom. The zero-order chi connectivity index (χ0) is 35.9. The molecule has 0 unspecified atom stereocenters. The van der Waals surface area contributed by atoms with Crippen LogP contribution >= 0.6 is 0 Å². The molecule has 2 aromatic heterocycles. The molecule has 7 heteroatoms. The first kappa shape index (κ1) is 38.8. The van der Waals surface area contributed by atoms with Crippen molar-refractivity contribution in [1.29, 1.82) is 0 Å². The summed E-state index contributed by atoms with van der Waals surface area (Å²) in [5.74, 6) is -2.42. The predicted molar refractivity (Wildman–Crippen MR) is 200 cm³/mol. The van der Waals surface area contributed by atoms with Crippen molar-refractivity contribution in [2.24, 2.45) is 0 Å². The maximum absolute atomic E-state index is 14.2. The van der Waals surface area contributed by atoms with E-state index in [0.29, 0.717) is 11.4 Å². The molecule has 4 aromatic carbocycles. The van der Waals surface area contributed by atoms with E-state index in [-0.39, 0.29) is 21.7 Å². The van der Waals surface area contributed by atoms with Gasteiger partial charge in [-0.15, -0.1) is 36.4 Å². The van der Waals surface area contributed by atoms with Crippen LogP contribution in [0, 0.1) is 35.4 Å². The predicted octanol–water partition coefficient (Wildman–Crippen LogP) is 11.4. The molecule has 6 aromatic rings. The normalized spacial score (nSPS) is 15.3. The fraction of sp³-hybridized carbons (Fsp3) is 0.348. The van der Waals surface area contributed by atoms with Gasteiger partial charge in [0, 0.05) is 46.0 Å². The van der Waals surface area contributed by atoms with Gasteiger partial charge in [-0.3, -0.25) is 0 Å². The SMILES string of the molecule is Fc1[c-]c(F)c(-n2c3c(c4c2CCCC4)CCCC3)cc1.Fc1[c-]c(F)c(-n2c3c(c4c2CCCC4)CCCC3)cc1.[Ti+4].c1cc[cH-]c1.c1cc[cH-]c1. The summed E-state index contributed by atoms with van der Waals surface area (Å²) in [6, 6.07) is 30.1. The van der Waals surface area contributed by atoms with Crippen LogP contribution in [0.2, 0.25) is 0 Å². The Hall–Kier alpha value is -3.87. The molecular formula is C46H46F4N2Ti. The maximum Gasteiger partial charge on any atom is 4.00 e. The van der Waals surface area contributed by atoms with Crippen LogP contribution in [-0.2, 0) is 73.1 Å². The van der Waals surface area contributed by atoms with Crippen LogP contribution in [0.1, 0.15) is 96.4 Å². The maximum atomic E-state index is 14.2. The molecule has 53 heavy (non-hydrogen) atoms. The van der Waals surface area contributed by atoms with Crippen LogP contribution in [0.5, 0.6) is 0 Å². The number of aromatic nitrogens is 2. The summed E-state index contributed by atoms with van der Waals surface area (Å²) in [5.41, 5.74) is 11.7. The number of rotatable bonds is 2. The molecule has 0 bridgehead atoms. The summed E-state index contributed by atoms with van der Waals surface area (Å²) >= 11 is 0. The van der Waals surface area contributed by atoms with E-state index in [0.717, 1.165) is 77.0 Å². The third-order valence-corrected chi connectivity index (χ3v) is 10.8. The zero-order valence-corrected chi connectivity index (χ0v) is 31.9. The van der Waals surface area contributed by atoms with Gasteiger partial charge in [0.25, 0.3) is 0 Å². The Morgan fingerprint density at radius 1 is 0.415 bits per heavy atom. The van der Waals surface area contributed by atoms with E-state index in [1.807, 2.05) is 60.7 Å². The quantitative estimate of drug-likeness (QED) is 0.0948. The third-order valence-electron chi connectivity index (χ3n) is 10.8. The van der Waals surface area contributed by atoms with Gasteiger partial charge < -0.3 is 9.13 Å². The second-order valence-electron chi connectivity index (χ2n) is 14.1. The van der Waals surface area contributed by atoms with Crippen molar-refractivity contribution in [3.63, 3.8) is 0 Å². The topological polar surface area (TPSA) is 9.86 Å². The van der Waals surface area contributed by atoms with Crippen LogP contribution in [0.3, 0.4) is 0 Å². The van der Waals surface area contributed by atoms with Gasteiger partial charge in [0.05, 0.1) is 0 Å². The molecule has 0 aliphatic heterocycles. The molecule has 0 N–H and O–H groups in total. The molecule has 10 rings (SSSR count). The second kappa shape index (κ2) is 18.4. The molecule has 2 nitrogen and oxygen atoms in total. The molecule has 0 radical (unpaired) electrons. The van der Waals surface area contributed by atoms with E-state index in [9.17, 15) is 17.6 Å². The molecule has 0 amide bonds. The van der Waals surface area contributed by atoms with Gasteiger partial charge in [-0.25, -0.2) is 41.8 Å². The molecule has 0 atom stereocenters. The van der Waals surface area contributed by atoms with Gasteiger partial charge in [-0.05, 0) is 136 Å². The smallest absolute Gasteiger partial charge is 0.369 e. The number of hydrogen-bond acceptors (Lipinski definition) is 0. The zero-order valence-electron chi connectivity index (χ0n) is 30.3. The van der Waals surface area contributed by atoms with Gasteiger partial charge in [0.2, 0.25) is 0 Å². The molecule has 4 aliphatic carbocycles. The van der Waals surface area contributed by atoms with E-state index in [1.165, 1.54) is 82.8 Å².